The van der Waals surface area contributed by atoms with Crippen LogP contribution in [-0.2, 0) is 13.1 Å². The standard InChI is InChI=1S/C24H20F4N4O/c1-2-31-14-15(12-29-31)13-30-7-8-32(23(30)33)21-10-17(16-3-5-18(25)6-4-16)9-19(22(21)26)20-11-24(20,27)28/h3-10,12,14,20H,2,11,13H2,1H3. The Hall–Kier alpha value is -3.62. The molecule has 0 aliphatic heterocycles. The van der Waals surface area contributed by atoms with Gasteiger partial charge < -0.3 is 0 Å². The molecule has 1 saturated carbocycles. The van der Waals surface area contributed by atoms with E-state index in [0.717, 1.165) is 10.1 Å². The van der Waals surface area contributed by atoms with Crippen LogP contribution in [-0.4, -0.2) is 24.8 Å². The molecule has 2 aromatic heterocycles. The Bertz CT molecular complexity index is 1380. The fourth-order valence-electron chi connectivity index (χ4n) is 3.99. The minimum absolute atomic E-state index is 0.123. The minimum atomic E-state index is -2.99. The van der Waals surface area contributed by atoms with Crippen molar-refractivity contribution in [1.29, 1.82) is 0 Å². The molecule has 33 heavy (non-hydrogen) atoms. The fourth-order valence-corrected chi connectivity index (χ4v) is 3.99. The fraction of sp³-hybridized carbons (Fsp3) is 0.250. The van der Waals surface area contributed by atoms with Gasteiger partial charge in [-0.2, -0.15) is 5.10 Å². The third kappa shape index (κ3) is 3.88. The SMILES string of the molecule is CCn1cc(Cn2ccn(-c3cc(-c4ccc(F)cc4)cc(C4CC4(F)F)c3F)c2=O)cn1. The van der Waals surface area contributed by atoms with Crippen LogP contribution in [0.15, 0.2) is 66.0 Å². The first-order valence-corrected chi connectivity index (χ1v) is 10.5. The lowest BCUT2D eigenvalue weighted by Gasteiger charge is -2.13. The van der Waals surface area contributed by atoms with Crippen molar-refractivity contribution in [3.05, 3.63) is 94.4 Å². The molecule has 0 bridgehead atoms. The monoisotopic (exact) mass is 456 g/mol. The van der Waals surface area contributed by atoms with Crippen molar-refractivity contribution in [3.63, 3.8) is 0 Å². The number of nitrogens with zero attached hydrogens (tertiary/aromatic N) is 4. The highest BCUT2D eigenvalue weighted by molar-refractivity contribution is 5.68. The van der Waals surface area contributed by atoms with E-state index in [1.807, 2.05) is 13.1 Å². The molecule has 0 radical (unpaired) electrons. The third-order valence-electron chi connectivity index (χ3n) is 5.93. The Balaban J connectivity index is 1.59. The van der Waals surface area contributed by atoms with Gasteiger partial charge in [0.25, 0.3) is 5.92 Å². The average Bonchev–Trinajstić information content (AvgIpc) is 3.10. The minimum Gasteiger partial charge on any atom is -0.294 e. The van der Waals surface area contributed by atoms with Gasteiger partial charge >= 0.3 is 5.69 Å². The van der Waals surface area contributed by atoms with Crippen LogP contribution in [0.25, 0.3) is 16.8 Å². The van der Waals surface area contributed by atoms with E-state index in [0.29, 0.717) is 17.7 Å². The van der Waals surface area contributed by atoms with E-state index in [-0.39, 0.29) is 17.8 Å². The van der Waals surface area contributed by atoms with E-state index in [1.54, 1.807) is 10.9 Å². The Morgan fingerprint density at radius 3 is 2.45 bits per heavy atom. The van der Waals surface area contributed by atoms with Crippen LogP contribution < -0.4 is 5.69 Å². The number of aryl methyl sites for hydroxylation is 1. The summed E-state index contributed by atoms with van der Waals surface area (Å²) < 4.78 is 60.7. The molecular weight excluding hydrogens is 436 g/mol. The van der Waals surface area contributed by atoms with Gasteiger partial charge in [-0.05, 0) is 47.9 Å². The molecule has 5 rings (SSSR count). The van der Waals surface area contributed by atoms with E-state index >= 15 is 4.39 Å². The van der Waals surface area contributed by atoms with E-state index in [4.69, 9.17) is 0 Å². The number of rotatable bonds is 6. The molecule has 4 aromatic rings. The molecule has 1 unspecified atom stereocenters. The predicted octanol–water partition coefficient (Wildman–Crippen LogP) is 4.97. The van der Waals surface area contributed by atoms with E-state index in [9.17, 15) is 18.0 Å². The Kier molecular flexibility index (Phi) is 4.99. The zero-order valence-electron chi connectivity index (χ0n) is 17.7. The van der Waals surface area contributed by atoms with Gasteiger partial charge in [0.1, 0.15) is 5.82 Å². The average molecular weight is 456 g/mol. The van der Waals surface area contributed by atoms with Crippen molar-refractivity contribution in [2.45, 2.75) is 38.3 Å². The molecule has 0 saturated heterocycles. The largest absolute Gasteiger partial charge is 0.333 e. The Labute approximate surface area is 186 Å². The molecule has 0 amide bonds. The highest BCUT2D eigenvalue weighted by Crippen LogP contribution is 2.57. The van der Waals surface area contributed by atoms with Crippen molar-refractivity contribution < 1.29 is 17.6 Å². The van der Waals surface area contributed by atoms with Gasteiger partial charge in [-0.3, -0.25) is 13.8 Å². The molecule has 1 fully saturated rings. The number of alkyl halides is 2. The second kappa shape index (κ2) is 7.75. The van der Waals surface area contributed by atoms with Crippen LogP contribution in [0.3, 0.4) is 0 Å². The van der Waals surface area contributed by atoms with Gasteiger partial charge in [0.15, 0.2) is 5.82 Å². The van der Waals surface area contributed by atoms with Crippen LogP contribution in [0.1, 0.15) is 30.4 Å². The molecule has 2 heterocycles. The quantitative estimate of drug-likeness (QED) is 0.385. The van der Waals surface area contributed by atoms with Crippen molar-refractivity contribution in [1.82, 2.24) is 18.9 Å². The zero-order chi connectivity index (χ0) is 23.3. The maximum absolute atomic E-state index is 15.4. The van der Waals surface area contributed by atoms with E-state index < -0.39 is 35.6 Å². The van der Waals surface area contributed by atoms with Crippen LogP contribution >= 0.6 is 0 Å². The molecular formula is C24H20F4N4O. The molecule has 0 spiro atoms. The number of imidazole rings is 1. The summed E-state index contributed by atoms with van der Waals surface area (Å²) in [7, 11) is 0. The van der Waals surface area contributed by atoms with Crippen molar-refractivity contribution in [2.75, 3.05) is 0 Å². The lowest BCUT2D eigenvalue weighted by Crippen LogP contribution is -2.24. The molecule has 5 nitrogen and oxygen atoms in total. The maximum atomic E-state index is 15.4. The number of halogens is 4. The van der Waals surface area contributed by atoms with Crippen molar-refractivity contribution >= 4 is 0 Å². The normalized spacial score (nSPS) is 16.8. The van der Waals surface area contributed by atoms with Crippen molar-refractivity contribution in [3.8, 4) is 16.8 Å². The molecule has 2 aromatic carbocycles. The first-order chi connectivity index (χ1) is 15.8. The zero-order valence-corrected chi connectivity index (χ0v) is 17.7. The third-order valence-corrected chi connectivity index (χ3v) is 5.93. The van der Waals surface area contributed by atoms with E-state index in [1.165, 1.54) is 53.4 Å². The highest BCUT2D eigenvalue weighted by Gasteiger charge is 2.58. The summed E-state index contributed by atoms with van der Waals surface area (Å²) in [6.07, 6.45) is 5.94. The molecule has 1 atom stereocenters. The summed E-state index contributed by atoms with van der Waals surface area (Å²) in [5.74, 6) is -5.55. The molecule has 1 aliphatic carbocycles. The van der Waals surface area contributed by atoms with E-state index in [2.05, 4.69) is 5.10 Å². The second-order valence-corrected chi connectivity index (χ2v) is 8.21. The first kappa shape index (κ1) is 21.2. The summed E-state index contributed by atoms with van der Waals surface area (Å²) in [4.78, 5) is 13.1. The number of hydrogen-bond donors (Lipinski definition) is 0. The smallest absolute Gasteiger partial charge is 0.294 e. The number of hydrogen-bond acceptors (Lipinski definition) is 2. The van der Waals surface area contributed by atoms with Crippen LogP contribution in [0.2, 0.25) is 0 Å². The maximum Gasteiger partial charge on any atom is 0.333 e. The highest BCUT2D eigenvalue weighted by atomic mass is 19.3. The summed E-state index contributed by atoms with van der Waals surface area (Å²) in [5, 5.41) is 4.18. The Morgan fingerprint density at radius 1 is 1.09 bits per heavy atom. The molecule has 0 N–H and O–H groups in total. The van der Waals surface area contributed by atoms with Gasteiger partial charge in [-0.15, -0.1) is 0 Å². The topological polar surface area (TPSA) is 44.8 Å². The van der Waals surface area contributed by atoms with Crippen LogP contribution in [0, 0.1) is 11.6 Å². The van der Waals surface area contributed by atoms with Gasteiger partial charge in [-0.25, -0.2) is 22.4 Å². The summed E-state index contributed by atoms with van der Waals surface area (Å²) in [6.45, 7) is 2.86. The summed E-state index contributed by atoms with van der Waals surface area (Å²) >= 11 is 0. The van der Waals surface area contributed by atoms with Gasteiger partial charge in [-0.1, -0.05) is 12.1 Å². The van der Waals surface area contributed by atoms with Crippen LogP contribution in [0.5, 0.6) is 0 Å². The second-order valence-electron chi connectivity index (χ2n) is 8.21. The molecule has 9 heteroatoms. The lowest BCUT2D eigenvalue weighted by molar-refractivity contribution is 0.111. The number of aromatic nitrogens is 4. The van der Waals surface area contributed by atoms with Crippen molar-refractivity contribution in [2.24, 2.45) is 0 Å². The van der Waals surface area contributed by atoms with Gasteiger partial charge in [0, 0.05) is 37.1 Å². The van der Waals surface area contributed by atoms with Gasteiger partial charge in [0.05, 0.1) is 24.3 Å². The molecule has 1 aliphatic rings. The first-order valence-electron chi connectivity index (χ1n) is 10.5. The predicted molar refractivity (Wildman–Crippen MR) is 115 cm³/mol. The summed E-state index contributed by atoms with van der Waals surface area (Å²) in [6, 6.07) is 8.24. The molecule has 170 valence electrons. The van der Waals surface area contributed by atoms with Crippen LogP contribution in [0.4, 0.5) is 17.6 Å². The Morgan fingerprint density at radius 2 is 1.82 bits per heavy atom. The lowest BCUT2D eigenvalue weighted by atomic mass is 9.99. The van der Waals surface area contributed by atoms with Gasteiger partial charge in [0.2, 0.25) is 0 Å². The summed E-state index contributed by atoms with van der Waals surface area (Å²) in [5.41, 5.74) is 0.969. The number of benzene rings is 2.